The number of hydrogen-bond donors (Lipinski definition) is 3. The fourth-order valence-corrected chi connectivity index (χ4v) is 2.06. The normalized spacial score (nSPS) is 10.0. The van der Waals surface area contributed by atoms with Crippen molar-refractivity contribution in [3.8, 4) is 11.5 Å². The number of aromatic hydroxyl groups is 1. The van der Waals surface area contributed by atoms with Crippen molar-refractivity contribution in [2.45, 2.75) is 6.92 Å². The minimum atomic E-state index is -0.923. The molecule has 0 radical (unpaired) electrons. The van der Waals surface area contributed by atoms with Crippen molar-refractivity contribution in [2.75, 3.05) is 17.7 Å². The van der Waals surface area contributed by atoms with E-state index in [1.807, 2.05) is 0 Å². The van der Waals surface area contributed by atoms with Gasteiger partial charge in [0.05, 0.1) is 18.5 Å². The maximum Gasteiger partial charge on any atom is 0.314 e. The van der Waals surface area contributed by atoms with Crippen molar-refractivity contribution in [1.82, 2.24) is 0 Å². The van der Waals surface area contributed by atoms with Gasteiger partial charge in [-0.1, -0.05) is 17.7 Å². The largest absolute Gasteiger partial charge is 0.506 e. The molecule has 0 saturated heterocycles. The Labute approximate surface area is 138 Å². The topological polar surface area (TPSA) is 87.7 Å². The Balaban J connectivity index is 2.13. The zero-order valence-electron chi connectivity index (χ0n) is 12.5. The number of carbonyl (C=O) groups excluding carboxylic acids is 2. The van der Waals surface area contributed by atoms with Crippen LogP contribution in [-0.2, 0) is 9.59 Å². The van der Waals surface area contributed by atoms with Crippen LogP contribution in [0.1, 0.15) is 5.56 Å². The van der Waals surface area contributed by atoms with Gasteiger partial charge in [0.25, 0.3) is 0 Å². The van der Waals surface area contributed by atoms with Crippen LogP contribution < -0.4 is 15.4 Å². The van der Waals surface area contributed by atoms with Gasteiger partial charge in [0.2, 0.25) is 0 Å². The molecular weight excluding hydrogens is 320 g/mol. The highest BCUT2D eigenvalue weighted by atomic mass is 35.5. The number of aryl methyl sites for hydroxylation is 1. The number of benzene rings is 2. The molecule has 3 N–H and O–H groups in total. The number of phenols is 1. The SMILES string of the molecule is COc1ccc(Cl)cc1NC(=O)C(=O)Nc1cc(C)ccc1O. The molecule has 0 aromatic heterocycles. The van der Waals surface area contributed by atoms with E-state index in [2.05, 4.69) is 10.6 Å². The van der Waals surface area contributed by atoms with Crippen molar-refractivity contribution in [2.24, 2.45) is 0 Å². The van der Waals surface area contributed by atoms with E-state index in [1.54, 1.807) is 31.2 Å². The van der Waals surface area contributed by atoms with Crippen LogP contribution in [0.4, 0.5) is 11.4 Å². The standard InChI is InChI=1S/C16H15ClN2O4/c1-9-3-5-13(20)11(7-9)18-15(21)16(22)19-12-8-10(17)4-6-14(12)23-2/h3-8,20H,1-2H3,(H,18,21)(H,19,22). The van der Waals surface area contributed by atoms with E-state index >= 15 is 0 Å². The van der Waals surface area contributed by atoms with Crippen molar-refractivity contribution < 1.29 is 19.4 Å². The van der Waals surface area contributed by atoms with Crippen LogP contribution in [0.2, 0.25) is 5.02 Å². The first kappa shape index (κ1) is 16.6. The monoisotopic (exact) mass is 334 g/mol. The number of carbonyl (C=O) groups is 2. The first-order chi connectivity index (χ1) is 10.9. The van der Waals surface area contributed by atoms with Crippen molar-refractivity contribution in [3.05, 3.63) is 47.0 Å². The fourth-order valence-electron chi connectivity index (χ4n) is 1.89. The third-order valence-corrected chi connectivity index (χ3v) is 3.25. The van der Waals surface area contributed by atoms with Gasteiger partial charge < -0.3 is 20.5 Å². The molecule has 0 aliphatic rings. The van der Waals surface area contributed by atoms with Gasteiger partial charge in [-0.2, -0.15) is 0 Å². The zero-order valence-corrected chi connectivity index (χ0v) is 13.3. The summed E-state index contributed by atoms with van der Waals surface area (Å²) in [5.41, 5.74) is 1.26. The summed E-state index contributed by atoms with van der Waals surface area (Å²) in [5, 5.41) is 14.8. The Kier molecular flexibility index (Phi) is 5.08. The summed E-state index contributed by atoms with van der Waals surface area (Å²) in [6.45, 7) is 1.80. The second kappa shape index (κ2) is 7.02. The third-order valence-electron chi connectivity index (χ3n) is 3.02. The number of halogens is 1. The van der Waals surface area contributed by atoms with Gasteiger partial charge in [0.1, 0.15) is 11.5 Å². The molecule has 7 heteroatoms. The van der Waals surface area contributed by atoms with Gasteiger partial charge in [-0.25, -0.2) is 0 Å². The molecule has 2 aromatic rings. The molecule has 0 spiro atoms. The minimum Gasteiger partial charge on any atom is -0.506 e. The summed E-state index contributed by atoms with van der Waals surface area (Å²) in [6, 6.07) is 9.31. The van der Waals surface area contributed by atoms with Gasteiger partial charge in [0, 0.05) is 5.02 Å². The first-order valence-corrected chi connectivity index (χ1v) is 7.04. The van der Waals surface area contributed by atoms with E-state index in [9.17, 15) is 14.7 Å². The lowest BCUT2D eigenvalue weighted by atomic mass is 10.2. The summed E-state index contributed by atoms with van der Waals surface area (Å²) in [4.78, 5) is 23.9. The summed E-state index contributed by atoms with van der Waals surface area (Å²) in [7, 11) is 1.43. The Morgan fingerprint density at radius 1 is 1.04 bits per heavy atom. The summed E-state index contributed by atoms with van der Waals surface area (Å²) < 4.78 is 5.09. The average Bonchev–Trinajstić information content (AvgIpc) is 2.51. The second-order valence-electron chi connectivity index (χ2n) is 4.77. The van der Waals surface area contributed by atoms with E-state index < -0.39 is 11.8 Å². The number of phenolic OH excluding ortho intramolecular Hbond substituents is 1. The molecule has 2 amide bonds. The van der Waals surface area contributed by atoms with Crippen LogP contribution >= 0.6 is 11.6 Å². The zero-order chi connectivity index (χ0) is 17.0. The van der Waals surface area contributed by atoms with Crippen LogP contribution in [0.25, 0.3) is 0 Å². The Morgan fingerprint density at radius 3 is 2.35 bits per heavy atom. The second-order valence-corrected chi connectivity index (χ2v) is 5.21. The molecule has 0 atom stereocenters. The molecule has 0 fully saturated rings. The van der Waals surface area contributed by atoms with Gasteiger partial charge in [-0.15, -0.1) is 0 Å². The lowest BCUT2D eigenvalue weighted by Gasteiger charge is -2.11. The molecule has 2 rings (SSSR count). The molecule has 23 heavy (non-hydrogen) atoms. The number of nitrogens with one attached hydrogen (secondary N) is 2. The van der Waals surface area contributed by atoms with Crippen molar-refractivity contribution in [1.29, 1.82) is 0 Å². The summed E-state index contributed by atoms with van der Waals surface area (Å²) in [6.07, 6.45) is 0. The van der Waals surface area contributed by atoms with Crippen LogP contribution in [0.15, 0.2) is 36.4 Å². The highest BCUT2D eigenvalue weighted by Crippen LogP contribution is 2.28. The molecule has 2 aromatic carbocycles. The first-order valence-electron chi connectivity index (χ1n) is 6.66. The third kappa shape index (κ3) is 4.14. The van der Waals surface area contributed by atoms with E-state index in [-0.39, 0.29) is 17.1 Å². The predicted octanol–water partition coefficient (Wildman–Crippen LogP) is 2.94. The van der Waals surface area contributed by atoms with Gasteiger partial charge >= 0.3 is 11.8 Å². The van der Waals surface area contributed by atoms with E-state index in [0.717, 1.165) is 5.56 Å². The van der Waals surface area contributed by atoms with Crippen molar-refractivity contribution in [3.63, 3.8) is 0 Å². The average molecular weight is 335 g/mol. The number of hydrogen-bond acceptors (Lipinski definition) is 4. The maximum atomic E-state index is 12.0. The van der Waals surface area contributed by atoms with Crippen molar-refractivity contribution >= 4 is 34.8 Å². The lowest BCUT2D eigenvalue weighted by Crippen LogP contribution is -2.29. The lowest BCUT2D eigenvalue weighted by molar-refractivity contribution is -0.133. The quantitative estimate of drug-likeness (QED) is 0.595. The molecule has 0 saturated carbocycles. The number of rotatable bonds is 3. The molecule has 120 valence electrons. The molecule has 0 heterocycles. The maximum absolute atomic E-state index is 12.0. The van der Waals surface area contributed by atoms with E-state index in [1.165, 1.54) is 19.2 Å². The molecule has 0 unspecified atom stereocenters. The number of amides is 2. The highest BCUT2D eigenvalue weighted by molar-refractivity contribution is 6.44. The van der Waals surface area contributed by atoms with Gasteiger partial charge in [-0.3, -0.25) is 9.59 Å². The molecule has 0 aliphatic carbocycles. The Hall–Kier alpha value is -2.73. The highest BCUT2D eigenvalue weighted by Gasteiger charge is 2.17. The van der Waals surface area contributed by atoms with E-state index in [0.29, 0.717) is 10.8 Å². The minimum absolute atomic E-state index is 0.128. The smallest absolute Gasteiger partial charge is 0.314 e. The van der Waals surface area contributed by atoms with Crippen LogP contribution in [0.3, 0.4) is 0 Å². The van der Waals surface area contributed by atoms with Crippen LogP contribution in [0, 0.1) is 6.92 Å². The summed E-state index contributed by atoms with van der Waals surface area (Å²) >= 11 is 5.86. The van der Waals surface area contributed by atoms with E-state index in [4.69, 9.17) is 16.3 Å². The number of methoxy groups -OCH3 is 1. The Bertz CT molecular complexity index is 762. The van der Waals surface area contributed by atoms with Gasteiger partial charge in [-0.05, 0) is 42.8 Å². The fraction of sp³-hybridized carbons (Fsp3) is 0.125. The molecule has 6 nitrogen and oxygen atoms in total. The molecular formula is C16H15ClN2O4. The number of anilines is 2. The Morgan fingerprint density at radius 2 is 1.70 bits per heavy atom. The van der Waals surface area contributed by atoms with Crippen LogP contribution in [0.5, 0.6) is 11.5 Å². The number of ether oxygens (including phenoxy) is 1. The predicted molar refractivity (Wildman–Crippen MR) is 88.1 cm³/mol. The summed E-state index contributed by atoms with van der Waals surface area (Å²) in [5.74, 6) is -1.59. The molecule has 0 bridgehead atoms. The van der Waals surface area contributed by atoms with Gasteiger partial charge in [0.15, 0.2) is 0 Å². The molecule has 0 aliphatic heterocycles. The van der Waals surface area contributed by atoms with Crippen LogP contribution in [-0.4, -0.2) is 24.0 Å².